The summed E-state index contributed by atoms with van der Waals surface area (Å²) in [7, 11) is -3.64. The van der Waals surface area contributed by atoms with Crippen molar-refractivity contribution in [1.82, 2.24) is 9.62 Å². The highest BCUT2D eigenvalue weighted by Crippen LogP contribution is 2.30. The van der Waals surface area contributed by atoms with Crippen molar-refractivity contribution in [3.63, 3.8) is 0 Å². The van der Waals surface area contributed by atoms with Gasteiger partial charge in [0.15, 0.2) is 0 Å². The van der Waals surface area contributed by atoms with Gasteiger partial charge in [-0.1, -0.05) is 0 Å². The number of hydrogen-bond donors (Lipinski definition) is 2. The molecule has 0 aromatic heterocycles. The quantitative estimate of drug-likeness (QED) is 0.705. The maximum atomic E-state index is 12.9. The van der Waals surface area contributed by atoms with Crippen molar-refractivity contribution in [3.8, 4) is 5.75 Å². The highest BCUT2D eigenvalue weighted by Gasteiger charge is 2.28. The van der Waals surface area contributed by atoms with E-state index in [2.05, 4.69) is 10.6 Å². The molecule has 2 aliphatic heterocycles. The number of nitrogens with one attached hydrogen (secondary N) is 2. The van der Waals surface area contributed by atoms with Gasteiger partial charge in [-0.2, -0.15) is 4.31 Å². The SMILES string of the molecule is CCOc1ccc(S(=O)(=O)N2CCOCC2)cc1NC(=O)C1CCNCC1.Cl. The molecule has 10 heteroatoms. The third-order valence-corrected chi connectivity index (χ3v) is 6.72. The first kappa shape index (κ1) is 22.9. The molecule has 2 saturated heterocycles. The van der Waals surface area contributed by atoms with E-state index in [0.29, 0.717) is 44.3 Å². The first-order chi connectivity index (χ1) is 13.0. The summed E-state index contributed by atoms with van der Waals surface area (Å²) in [6.07, 6.45) is 1.53. The van der Waals surface area contributed by atoms with E-state index in [9.17, 15) is 13.2 Å². The van der Waals surface area contributed by atoms with Gasteiger partial charge in [0.2, 0.25) is 15.9 Å². The molecule has 2 aliphatic rings. The smallest absolute Gasteiger partial charge is 0.243 e. The van der Waals surface area contributed by atoms with Crippen LogP contribution in [0.4, 0.5) is 5.69 Å². The average Bonchev–Trinajstić information content (AvgIpc) is 2.70. The summed E-state index contributed by atoms with van der Waals surface area (Å²) in [5.74, 6) is 0.291. The number of ether oxygens (including phenoxy) is 2. The fourth-order valence-electron chi connectivity index (χ4n) is 3.30. The van der Waals surface area contributed by atoms with Crippen molar-refractivity contribution in [1.29, 1.82) is 0 Å². The molecule has 0 bridgehead atoms. The number of halogens is 1. The van der Waals surface area contributed by atoms with Crippen molar-refractivity contribution >= 4 is 34.0 Å². The van der Waals surface area contributed by atoms with Crippen LogP contribution in [-0.4, -0.2) is 64.6 Å². The Morgan fingerprint density at radius 2 is 1.96 bits per heavy atom. The van der Waals surface area contributed by atoms with Crippen LogP contribution in [0.5, 0.6) is 5.75 Å². The van der Waals surface area contributed by atoms with Gasteiger partial charge in [0, 0.05) is 19.0 Å². The maximum absolute atomic E-state index is 12.9. The number of nitrogens with zero attached hydrogens (tertiary/aromatic N) is 1. The van der Waals surface area contributed by atoms with E-state index >= 15 is 0 Å². The number of carbonyl (C=O) groups excluding carboxylic acids is 1. The summed E-state index contributed by atoms with van der Waals surface area (Å²) in [4.78, 5) is 12.8. The zero-order valence-corrected chi connectivity index (χ0v) is 17.6. The Balaban J connectivity index is 0.00000280. The van der Waals surface area contributed by atoms with E-state index < -0.39 is 10.0 Å². The van der Waals surface area contributed by atoms with Crippen LogP contribution >= 0.6 is 12.4 Å². The number of hydrogen-bond acceptors (Lipinski definition) is 6. The van der Waals surface area contributed by atoms with Gasteiger partial charge in [-0.05, 0) is 51.1 Å². The van der Waals surface area contributed by atoms with Crippen LogP contribution in [-0.2, 0) is 19.6 Å². The van der Waals surface area contributed by atoms with Crippen LogP contribution in [0.1, 0.15) is 19.8 Å². The summed E-state index contributed by atoms with van der Waals surface area (Å²) in [5, 5.41) is 6.11. The summed E-state index contributed by atoms with van der Waals surface area (Å²) >= 11 is 0. The Kier molecular flexibility index (Phi) is 8.51. The zero-order chi connectivity index (χ0) is 19.3. The molecule has 8 nitrogen and oxygen atoms in total. The highest BCUT2D eigenvalue weighted by atomic mass is 35.5. The van der Waals surface area contributed by atoms with Gasteiger partial charge in [0.1, 0.15) is 5.75 Å². The van der Waals surface area contributed by atoms with Gasteiger partial charge < -0.3 is 20.1 Å². The zero-order valence-electron chi connectivity index (χ0n) is 16.0. The third kappa shape index (κ3) is 5.36. The highest BCUT2D eigenvalue weighted by molar-refractivity contribution is 7.89. The number of anilines is 1. The number of sulfonamides is 1. The number of rotatable bonds is 6. The molecule has 2 N–H and O–H groups in total. The first-order valence-electron chi connectivity index (χ1n) is 9.38. The lowest BCUT2D eigenvalue weighted by Crippen LogP contribution is -2.40. The minimum atomic E-state index is -3.64. The molecule has 0 unspecified atom stereocenters. The summed E-state index contributed by atoms with van der Waals surface area (Å²) in [6.45, 7) is 5.30. The van der Waals surface area contributed by atoms with Crippen LogP contribution < -0.4 is 15.4 Å². The van der Waals surface area contributed by atoms with Gasteiger partial charge in [-0.15, -0.1) is 12.4 Å². The lowest BCUT2D eigenvalue weighted by atomic mass is 9.97. The molecule has 0 atom stereocenters. The molecule has 0 aliphatic carbocycles. The Bertz CT molecular complexity index is 762. The normalized spacial score (nSPS) is 18.9. The van der Waals surface area contributed by atoms with E-state index in [1.807, 2.05) is 6.92 Å². The van der Waals surface area contributed by atoms with Crippen LogP contribution in [0, 0.1) is 5.92 Å². The number of benzene rings is 1. The van der Waals surface area contributed by atoms with Crippen molar-refractivity contribution < 1.29 is 22.7 Å². The molecule has 2 heterocycles. The monoisotopic (exact) mass is 433 g/mol. The molecule has 2 fully saturated rings. The molecule has 1 aromatic carbocycles. The molecular formula is C18H28ClN3O5S. The van der Waals surface area contributed by atoms with Crippen LogP contribution in [0.25, 0.3) is 0 Å². The molecule has 158 valence electrons. The second-order valence-electron chi connectivity index (χ2n) is 6.62. The second kappa shape index (κ2) is 10.4. The molecule has 0 spiro atoms. The number of morpholine rings is 1. The summed E-state index contributed by atoms with van der Waals surface area (Å²) in [6, 6.07) is 4.62. The van der Waals surface area contributed by atoms with Crippen molar-refractivity contribution in [2.24, 2.45) is 5.92 Å². The number of amides is 1. The predicted molar refractivity (Wildman–Crippen MR) is 109 cm³/mol. The van der Waals surface area contributed by atoms with Crippen molar-refractivity contribution in [3.05, 3.63) is 18.2 Å². The Hall–Kier alpha value is -1.39. The molecular weight excluding hydrogens is 406 g/mol. The predicted octanol–water partition coefficient (Wildman–Crippen LogP) is 1.47. The molecule has 1 amide bonds. The van der Waals surface area contributed by atoms with Crippen molar-refractivity contribution in [2.75, 3.05) is 51.3 Å². The molecule has 3 rings (SSSR count). The Morgan fingerprint density at radius 3 is 2.61 bits per heavy atom. The summed E-state index contributed by atoms with van der Waals surface area (Å²) < 4.78 is 38.0. The minimum absolute atomic E-state index is 0. The average molecular weight is 434 g/mol. The minimum Gasteiger partial charge on any atom is -0.492 e. The number of piperidine rings is 1. The molecule has 0 saturated carbocycles. The second-order valence-corrected chi connectivity index (χ2v) is 8.56. The van der Waals surface area contributed by atoms with E-state index in [1.54, 1.807) is 6.07 Å². The summed E-state index contributed by atoms with van der Waals surface area (Å²) in [5.41, 5.74) is 0.398. The standard InChI is InChI=1S/C18H27N3O5S.ClH/c1-2-26-17-4-3-15(27(23,24)21-9-11-25-12-10-21)13-16(17)20-18(22)14-5-7-19-8-6-14;/h3-4,13-14,19H,2,5-12H2,1H3,(H,20,22);1H. The van der Waals surface area contributed by atoms with Gasteiger partial charge in [-0.25, -0.2) is 8.42 Å². The first-order valence-corrected chi connectivity index (χ1v) is 10.8. The van der Waals surface area contributed by atoms with Crippen molar-refractivity contribution in [2.45, 2.75) is 24.7 Å². The molecule has 1 aromatic rings. The third-order valence-electron chi connectivity index (χ3n) is 4.83. The fraction of sp³-hybridized carbons (Fsp3) is 0.611. The molecule has 28 heavy (non-hydrogen) atoms. The Labute approximate surface area is 172 Å². The maximum Gasteiger partial charge on any atom is 0.243 e. The van der Waals surface area contributed by atoms with E-state index in [0.717, 1.165) is 25.9 Å². The van der Waals surface area contributed by atoms with Crippen LogP contribution in [0.15, 0.2) is 23.1 Å². The Morgan fingerprint density at radius 1 is 1.29 bits per heavy atom. The van der Waals surface area contributed by atoms with Gasteiger partial charge in [0.25, 0.3) is 0 Å². The van der Waals surface area contributed by atoms with Gasteiger partial charge in [0.05, 0.1) is 30.4 Å². The van der Waals surface area contributed by atoms with E-state index in [4.69, 9.17) is 9.47 Å². The lowest BCUT2D eigenvalue weighted by Gasteiger charge is -2.26. The van der Waals surface area contributed by atoms with E-state index in [-0.39, 0.29) is 29.1 Å². The topological polar surface area (TPSA) is 97.0 Å². The van der Waals surface area contributed by atoms with Crippen LogP contribution in [0.2, 0.25) is 0 Å². The number of carbonyl (C=O) groups is 1. The van der Waals surface area contributed by atoms with Gasteiger partial charge >= 0.3 is 0 Å². The lowest BCUT2D eigenvalue weighted by molar-refractivity contribution is -0.120. The van der Waals surface area contributed by atoms with E-state index in [1.165, 1.54) is 16.4 Å². The van der Waals surface area contributed by atoms with Gasteiger partial charge in [-0.3, -0.25) is 4.79 Å². The fourth-order valence-corrected chi connectivity index (χ4v) is 4.74. The largest absolute Gasteiger partial charge is 0.492 e. The van der Waals surface area contributed by atoms with Crippen LogP contribution in [0.3, 0.4) is 0 Å². The molecule has 0 radical (unpaired) electrons.